The van der Waals surface area contributed by atoms with Crippen LogP contribution >= 0.6 is 248 Å². The molecule has 54 heavy (non-hydrogen) atoms. The van der Waals surface area contributed by atoms with Crippen molar-refractivity contribution < 1.29 is 0 Å². The van der Waals surface area contributed by atoms with Crippen molar-refractivity contribution in [2.45, 2.75) is 0 Å². The fourth-order valence-corrected chi connectivity index (χ4v) is 8.60. The molecule has 288 valence electrons. The van der Waals surface area contributed by atoms with Gasteiger partial charge in [-0.1, -0.05) is 69.6 Å². The highest BCUT2D eigenvalue weighted by molar-refractivity contribution is 9.14. The number of nitrogens with zero attached hydrogens (tertiary/aromatic N) is 12. The number of aromatic nitrogens is 12. The third-order valence-electron chi connectivity index (χ3n) is 3.94. The third kappa shape index (κ3) is 24.5. The van der Waals surface area contributed by atoms with E-state index in [-0.39, 0.29) is 41.5 Å². The van der Waals surface area contributed by atoms with Gasteiger partial charge in [-0.05, 0) is 190 Å². The smallest absolute Gasteiger partial charge is 0.225 e. The zero-order valence-electron chi connectivity index (χ0n) is 24.6. The zero-order valence-corrected chi connectivity index (χ0v) is 45.7. The second-order valence-corrected chi connectivity index (χ2v) is 17.8. The van der Waals surface area contributed by atoms with Crippen molar-refractivity contribution >= 4 is 248 Å². The van der Waals surface area contributed by atoms with Gasteiger partial charge in [0.2, 0.25) is 15.9 Å². The van der Waals surface area contributed by atoms with E-state index in [9.17, 15) is 0 Å². The highest BCUT2D eigenvalue weighted by Gasteiger charge is 2.07. The number of hydrogen-bond acceptors (Lipinski definition) is 12. The molecule has 0 fully saturated rings. The summed E-state index contributed by atoms with van der Waals surface area (Å²) in [5.74, 6) is 0. The standard InChI is InChI=1S/C4Br4N2.C4HBr3N2.C4H2Br2N2.C4Cl4N2.C4HCl3N2.C4H2Cl2N2/c5-1-2(6)9-4(8)10-3(1)7;5-2-1-3(6)9-4(7)8-2;5-3-1-2-7-4(6)8-3;5-1-2(6)9-4(8)10-3(1)7;5-2-1-3(6)9-4(7)8-2;5-3-1-2-7-4(6)8-3/h;1H;1-2H;;1H;1-2H. The average Bonchev–Trinajstić information content (AvgIpc) is 3.02. The van der Waals surface area contributed by atoms with Gasteiger partial charge < -0.3 is 0 Å². The molecule has 0 amide bonds. The van der Waals surface area contributed by atoms with E-state index >= 15 is 0 Å². The molecule has 6 heterocycles. The lowest BCUT2D eigenvalue weighted by Crippen LogP contribution is -1.86. The highest BCUT2D eigenvalue weighted by Crippen LogP contribution is 2.29. The largest absolute Gasteiger partial charge is 0.231 e. The van der Waals surface area contributed by atoms with Gasteiger partial charge in [-0.15, -0.1) is 0 Å². The van der Waals surface area contributed by atoms with Crippen LogP contribution in [-0.2, 0) is 0 Å². The predicted octanol–water partition coefficient (Wildman–Crippen LogP) is 15.6. The van der Waals surface area contributed by atoms with Crippen molar-refractivity contribution in [1.82, 2.24) is 59.8 Å². The minimum absolute atomic E-state index is 0.0144. The Kier molecular flexibility index (Phi) is 28.5. The van der Waals surface area contributed by atoms with Crippen molar-refractivity contribution in [3.05, 3.63) is 125 Å². The van der Waals surface area contributed by atoms with Gasteiger partial charge in [0.05, 0.1) is 4.47 Å². The summed E-state index contributed by atoms with van der Waals surface area (Å²) < 4.78 is 6.30. The van der Waals surface area contributed by atoms with Gasteiger partial charge in [0, 0.05) is 24.5 Å². The number of rotatable bonds is 0. The molecule has 30 heteroatoms. The van der Waals surface area contributed by atoms with Gasteiger partial charge in [-0.2, -0.15) is 0 Å². The highest BCUT2D eigenvalue weighted by atomic mass is 79.9. The summed E-state index contributed by atoms with van der Waals surface area (Å²) in [6.45, 7) is 0. The molecule has 0 saturated carbocycles. The van der Waals surface area contributed by atoms with Crippen molar-refractivity contribution in [2.75, 3.05) is 0 Å². The van der Waals surface area contributed by atoms with Gasteiger partial charge in [-0.3, -0.25) is 0 Å². The Labute approximate surface area is 426 Å². The minimum Gasteiger partial charge on any atom is -0.231 e. The van der Waals surface area contributed by atoms with Crippen LogP contribution in [0.1, 0.15) is 0 Å². The monoisotopic (exact) mass is 1490 g/mol. The molecule has 0 aliphatic rings. The van der Waals surface area contributed by atoms with Gasteiger partial charge in [0.1, 0.15) is 43.5 Å². The van der Waals surface area contributed by atoms with E-state index in [1.54, 1.807) is 24.4 Å². The van der Waals surface area contributed by atoms with Gasteiger partial charge in [0.15, 0.2) is 24.5 Å². The normalized spacial score (nSPS) is 9.67. The van der Waals surface area contributed by atoms with Crippen LogP contribution in [-0.4, -0.2) is 59.8 Å². The van der Waals surface area contributed by atoms with E-state index < -0.39 is 0 Å². The second-order valence-electron chi connectivity index (χ2n) is 7.64. The molecule has 0 unspecified atom stereocenters. The molecule has 0 spiro atoms. The molecule has 6 aromatic rings. The summed E-state index contributed by atoms with van der Waals surface area (Å²) >= 11 is 77.5. The van der Waals surface area contributed by atoms with Gasteiger partial charge in [0.25, 0.3) is 0 Å². The molecule has 0 N–H and O–H groups in total. The lowest BCUT2D eigenvalue weighted by Gasteiger charge is -1.96. The number of halogens is 18. The molecule has 12 nitrogen and oxygen atoms in total. The fraction of sp³-hybridized carbons (Fsp3) is 0. The van der Waals surface area contributed by atoms with Crippen molar-refractivity contribution in [3.63, 3.8) is 0 Å². The topological polar surface area (TPSA) is 155 Å². The maximum Gasteiger partial charge on any atom is 0.225 e. The van der Waals surface area contributed by atoms with Crippen LogP contribution in [0.5, 0.6) is 0 Å². The summed E-state index contributed by atoms with van der Waals surface area (Å²) in [4.78, 5) is 44.9. The van der Waals surface area contributed by atoms with E-state index in [0.29, 0.717) is 19.4 Å². The number of hydrogen-bond donors (Lipinski definition) is 0. The Bertz CT molecular complexity index is 1810. The van der Waals surface area contributed by atoms with Crippen LogP contribution in [0.2, 0.25) is 46.6 Å². The molecule has 0 atom stereocenters. The van der Waals surface area contributed by atoms with Gasteiger partial charge in [-0.25, -0.2) is 59.8 Å². The first-order valence-corrected chi connectivity index (χ1v) is 22.8. The quantitative estimate of drug-likeness (QED) is 0.105. The Morgan fingerprint density at radius 1 is 0.370 bits per heavy atom. The van der Waals surface area contributed by atoms with Crippen LogP contribution < -0.4 is 0 Å². The molecule has 0 aliphatic heterocycles. The maximum absolute atomic E-state index is 5.50. The Hall–Kier alpha value is 1.41. The SMILES string of the molecule is Brc1cc(Br)nc(Br)n1.Brc1ccnc(Br)n1.Brc1nc(Br)c(Br)c(Br)n1.Clc1cc(Cl)nc(Cl)n1.Clc1ccnc(Cl)n1.Clc1nc(Cl)c(Cl)c(Cl)n1. The summed E-state index contributed by atoms with van der Waals surface area (Å²) in [6, 6.07) is 6.51. The first kappa shape index (κ1) is 53.4. The molecule has 0 bridgehead atoms. The van der Waals surface area contributed by atoms with Crippen LogP contribution in [0.15, 0.2) is 78.3 Å². The van der Waals surface area contributed by atoms with Crippen LogP contribution in [0.3, 0.4) is 0 Å². The van der Waals surface area contributed by atoms with Crippen LogP contribution in [0.25, 0.3) is 0 Å². The van der Waals surface area contributed by atoms with Crippen LogP contribution in [0, 0.1) is 0 Å². The van der Waals surface area contributed by atoms with E-state index in [1.165, 1.54) is 12.3 Å². The van der Waals surface area contributed by atoms with E-state index in [1.807, 2.05) is 0 Å². The summed E-state index contributed by atoms with van der Waals surface area (Å²) in [5.41, 5.74) is 0. The lowest BCUT2D eigenvalue weighted by molar-refractivity contribution is 1.04. The van der Waals surface area contributed by atoms with Crippen LogP contribution in [0.4, 0.5) is 0 Å². The maximum atomic E-state index is 5.50. The first-order valence-electron chi connectivity index (χ1n) is 12.2. The summed E-state index contributed by atoms with van der Waals surface area (Å²) in [6.07, 6.45) is 3.17. The molecule has 6 rings (SSSR count). The Morgan fingerprint density at radius 3 is 1.17 bits per heavy atom. The Balaban J connectivity index is 0.000000325. The molecular formula is C24H6Br9Cl9N12. The molecule has 6 aromatic heterocycles. The lowest BCUT2D eigenvalue weighted by atomic mass is 10.7. The summed E-state index contributed by atoms with van der Waals surface area (Å²) in [7, 11) is 0. The van der Waals surface area contributed by atoms with Gasteiger partial charge >= 0.3 is 0 Å². The zero-order chi connectivity index (χ0) is 41.1. The van der Waals surface area contributed by atoms with Crippen molar-refractivity contribution in [3.8, 4) is 0 Å². The molecule has 0 aliphatic carbocycles. The minimum atomic E-state index is -0.0144. The first-order chi connectivity index (χ1) is 25.2. The molecule has 0 radical (unpaired) electrons. The van der Waals surface area contributed by atoms with Crippen molar-refractivity contribution in [1.29, 1.82) is 0 Å². The molecule has 0 aromatic carbocycles. The van der Waals surface area contributed by atoms with E-state index in [2.05, 4.69) is 203 Å². The predicted molar refractivity (Wildman–Crippen MR) is 247 cm³/mol. The third-order valence-corrected chi connectivity index (χ3v) is 11.5. The Morgan fingerprint density at radius 2 is 0.796 bits per heavy atom. The molecular weight excluding hydrogens is 1490 g/mol. The average molecular weight is 1500 g/mol. The van der Waals surface area contributed by atoms with E-state index in [0.717, 1.165) is 27.5 Å². The fourth-order valence-electron chi connectivity index (χ4n) is 2.10. The summed E-state index contributed by atoms with van der Waals surface area (Å²) in [5, 5.41) is 1.33. The van der Waals surface area contributed by atoms with Crippen molar-refractivity contribution in [2.24, 2.45) is 0 Å². The second kappa shape index (κ2) is 28.8. The van der Waals surface area contributed by atoms with E-state index in [4.69, 9.17) is 104 Å². The molecule has 0 saturated heterocycles.